The van der Waals surface area contributed by atoms with Gasteiger partial charge in [0.15, 0.2) is 0 Å². The Balaban J connectivity index is 3.22. The summed E-state index contributed by atoms with van der Waals surface area (Å²) in [6.07, 6.45) is 0.410. The minimum Gasteiger partial charge on any atom is -0.449 e. The van der Waals surface area contributed by atoms with E-state index in [1.807, 2.05) is 0 Å². The van der Waals surface area contributed by atoms with Crippen LogP contribution in [0.15, 0.2) is 0 Å². The summed E-state index contributed by atoms with van der Waals surface area (Å²) in [6.45, 7) is 0.966. The van der Waals surface area contributed by atoms with E-state index in [9.17, 15) is 4.79 Å². The first-order chi connectivity index (χ1) is 4.68. The molecule has 4 heteroatoms. The lowest BCUT2D eigenvalue weighted by atomic mass is 10.5. The summed E-state index contributed by atoms with van der Waals surface area (Å²) in [7, 11) is 3.29. The van der Waals surface area contributed by atoms with Crippen LogP contribution in [0.3, 0.4) is 0 Å². The average molecular weight is 146 g/mol. The monoisotopic (exact) mass is 146 g/mol. The molecule has 10 heavy (non-hydrogen) atoms. The fourth-order valence-electron chi connectivity index (χ4n) is 0.372. The highest BCUT2D eigenvalue weighted by Crippen LogP contribution is 1.86. The molecule has 0 aliphatic heterocycles. The lowest BCUT2D eigenvalue weighted by Gasteiger charge is -2.09. The molecule has 0 bridgehead atoms. The van der Waals surface area contributed by atoms with Crippen molar-refractivity contribution >= 4 is 6.09 Å². The first-order valence-electron chi connectivity index (χ1n) is 3.22. The van der Waals surface area contributed by atoms with Gasteiger partial charge in [-0.05, 0) is 13.0 Å². The molecule has 0 saturated carbocycles. The van der Waals surface area contributed by atoms with Crippen LogP contribution in [0.25, 0.3) is 0 Å². The van der Waals surface area contributed by atoms with Crippen molar-refractivity contribution < 1.29 is 9.53 Å². The fraction of sp³-hybridized carbons (Fsp3) is 0.833. The van der Waals surface area contributed by atoms with E-state index < -0.39 is 0 Å². The van der Waals surface area contributed by atoms with Crippen LogP contribution < -0.4 is 5.73 Å². The molecule has 1 amide bonds. The maximum atomic E-state index is 10.7. The van der Waals surface area contributed by atoms with Gasteiger partial charge >= 0.3 is 6.09 Å². The number of ether oxygens (including phenoxy) is 1. The van der Waals surface area contributed by atoms with Gasteiger partial charge in [-0.2, -0.15) is 0 Å². The molecule has 0 aliphatic rings. The molecule has 0 saturated heterocycles. The van der Waals surface area contributed by atoms with E-state index in [0.29, 0.717) is 13.2 Å². The van der Waals surface area contributed by atoms with Crippen LogP contribution in [0.1, 0.15) is 6.42 Å². The fourth-order valence-corrected chi connectivity index (χ4v) is 0.372. The van der Waals surface area contributed by atoms with Gasteiger partial charge in [0.05, 0.1) is 6.61 Å². The third kappa shape index (κ3) is 4.14. The van der Waals surface area contributed by atoms with Gasteiger partial charge in [-0.25, -0.2) is 4.79 Å². The number of hydrogen-bond donors (Lipinski definition) is 1. The molecule has 60 valence electrons. The Bertz CT molecular complexity index is 104. The van der Waals surface area contributed by atoms with E-state index in [0.717, 1.165) is 6.42 Å². The Kier molecular flexibility index (Phi) is 4.66. The summed E-state index contributed by atoms with van der Waals surface area (Å²) in [5.41, 5.74) is 5.19. The van der Waals surface area contributed by atoms with Gasteiger partial charge in [0.1, 0.15) is 0 Å². The van der Waals surface area contributed by atoms with Gasteiger partial charge in [-0.1, -0.05) is 0 Å². The zero-order valence-electron chi connectivity index (χ0n) is 6.46. The molecule has 4 nitrogen and oxygen atoms in total. The normalized spacial score (nSPS) is 9.10. The topological polar surface area (TPSA) is 55.6 Å². The summed E-state index contributed by atoms with van der Waals surface area (Å²) in [5, 5.41) is 0. The maximum absolute atomic E-state index is 10.7. The van der Waals surface area contributed by atoms with E-state index in [-0.39, 0.29) is 6.09 Å². The van der Waals surface area contributed by atoms with Crippen LogP contribution >= 0.6 is 0 Å². The molecular formula is C6H14N2O2. The number of amides is 1. The number of carbonyl (C=O) groups is 1. The Morgan fingerprint density at radius 1 is 1.60 bits per heavy atom. The highest BCUT2D eigenvalue weighted by atomic mass is 16.6. The van der Waals surface area contributed by atoms with Gasteiger partial charge in [0.25, 0.3) is 0 Å². The minimum absolute atomic E-state index is 0.312. The van der Waals surface area contributed by atoms with Crippen LogP contribution in [0, 0.1) is 0 Å². The SMILES string of the molecule is CN(C)C(=O)OCCCN. The Labute approximate surface area is 60.9 Å². The molecule has 0 fully saturated rings. The van der Waals surface area contributed by atoms with E-state index >= 15 is 0 Å². The second-order valence-corrected chi connectivity index (χ2v) is 2.15. The molecule has 0 aromatic rings. The summed E-state index contributed by atoms with van der Waals surface area (Å²) in [5.74, 6) is 0. The minimum atomic E-state index is -0.312. The molecule has 0 atom stereocenters. The third-order valence-electron chi connectivity index (χ3n) is 0.939. The molecule has 0 aliphatic carbocycles. The number of hydrogen-bond acceptors (Lipinski definition) is 3. The summed E-state index contributed by atoms with van der Waals surface area (Å²) < 4.78 is 4.75. The van der Waals surface area contributed by atoms with Crippen molar-refractivity contribution in [2.75, 3.05) is 27.2 Å². The molecule has 0 heterocycles. The number of nitrogens with zero attached hydrogens (tertiary/aromatic N) is 1. The standard InChI is InChI=1S/C6H14N2O2/c1-8(2)6(9)10-5-3-4-7/h3-5,7H2,1-2H3. The summed E-state index contributed by atoms with van der Waals surface area (Å²) in [6, 6.07) is 0. The lowest BCUT2D eigenvalue weighted by Crippen LogP contribution is -2.23. The highest BCUT2D eigenvalue weighted by molar-refractivity contribution is 5.66. The number of carbonyl (C=O) groups excluding carboxylic acids is 1. The predicted octanol–water partition coefficient (Wildman–Crippen LogP) is 0.0334. The molecule has 0 aromatic heterocycles. The Hall–Kier alpha value is -0.770. The molecule has 0 rings (SSSR count). The molecule has 0 aromatic carbocycles. The van der Waals surface area contributed by atoms with Crippen molar-refractivity contribution in [3.8, 4) is 0 Å². The smallest absolute Gasteiger partial charge is 0.409 e. The third-order valence-corrected chi connectivity index (χ3v) is 0.939. The second kappa shape index (κ2) is 5.05. The summed E-state index contributed by atoms with van der Waals surface area (Å²) in [4.78, 5) is 12.1. The molecule has 0 radical (unpaired) electrons. The number of rotatable bonds is 3. The van der Waals surface area contributed by atoms with Crippen LogP contribution in [0.2, 0.25) is 0 Å². The van der Waals surface area contributed by atoms with Gasteiger partial charge < -0.3 is 15.4 Å². The van der Waals surface area contributed by atoms with E-state index in [2.05, 4.69) is 0 Å². The van der Waals surface area contributed by atoms with Crippen LogP contribution in [-0.4, -0.2) is 38.2 Å². The second-order valence-electron chi connectivity index (χ2n) is 2.15. The van der Waals surface area contributed by atoms with Gasteiger partial charge in [0, 0.05) is 14.1 Å². The van der Waals surface area contributed by atoms with Crippen molar-refractivity contribution in [1.82, 2.24) is 4.90 Å². The Morgan fingerprint density at radius 2 is 2.20 bits per heavy atom. The van der Waals surface area contributed by atoms with Crippen LogP contribution in [-0.2, 0) is 4.74 Å². The molecule has 0 spiro atoms. The first-order valence-corrected chi connectivity index (χ1v) is 3.22. The van der Waals surface area contributed by atoms with Crippen molar-refractivity contribution in [2.24, 2.45) is 5.73 Å². The van der Waals surface area contributed by atoms with Crippen molar-refractivity contribution in [3.05, 3.63) is 0 Å². The molecular weight excluding hydrogens is 132 g/mol. The van der Waals surface area contributed by atoms with E-state index in [1.54, 1.807) is 14.1 Å². The Morgan fingerprint density at radius 3 is 2.60 bits per heavy atom. The highest BCUT2D eigenvalue weighted by Gasteiger charge is 2.01. The van der Waals surface area contributed by atoms with Crippen LogP contribution in [0.4, 0.5) is 4.79 Å². The largest absolute Gasteiger partial charge is 0.449 e. The lowest BCUT2D eigenvalue weighted by molar-refractivity contribution is 0.118. The quantitative estimate of drug-likeness (QED) is 0.572. The summed E-state index contributed by atoms with van der Waals surface area (Å²) >= 11 is 0. The molecule has 0 unspecified atom stereocenters. The van der Waals surface area contributed by atoms with Gasteiger partial charge in [0.2, 0.25) is 0 Å². The van der Waals surface area contributed by atoms with Crippen LogP contribution in [0.5, 0.6) is 0 Å². The average Bonchev–Trinajstić information content (AvgIpc) is 1.88. The van der Waals surface area contributed by atoms with Gasteiger partial charge in [-0.3, -0.25) is 0 Å². The van der Waals surface area contributed by atoms with Crippen molar-refractivity contribution in [2.45, 2.75) is 6.42 Å². The zero-order valence-corrected chi connectivity index (χ0v) is 6.46. The first kappa shape index (κ1) is 9.23. The van der Waals surface area contributed by atoms with Crippen molar-refractivity contribution in [1.29, 1.82) is 0 Å². The predicted molar refractivity (Wildman–Crippen MR) is 38.7 cm³/mol. The zero-order chi connectivity index (χ0) is 7.98. The van der Waals surface area contributed by atoms with E-state index in [1.165, 1.54) is 4.90 Å². The number of nitrogens with two attached hydrogens (primary N) is 1. The van der Waals surface area contributed by atoms with Crippen molar-refractivity contribution in [3.63, 3.8) is 0 Å². The molecule has 2 N–H and O–H groups in total. The maximum Gasteiger partial charge on any atom is 0.409 e. The van der Waals surface area contributed by atoms with Gasteiger partial charge in [-0.15, -0.1) is 0 Å². The van der Waals surface area contributed by atoms with E-state index in [4.69, 9.17) is 10.5 Å².